The molecule has 0 saturated carbocycles. The van der Waals surface area contributed by atoms with Gasteiger partial charge in [-0.15, -0.1) is 0 Å². The summed E-state index contributed by atoms with van der Waals surface area (Å²) in [6, 6.07) is 5.82. The Bertz CT molecular complexity index is 679. The van der Waals surface area contributed by atoms with Gasteiger partial charge in [-0.05, 0) is 30.7 Å². The molecule has 5 nitrogen and oxygen atoms in total. The number of carbonyl (C=O) groups is 1. The molecule has 0 aliphatic carbocycles. The summed E-state index contributed by atoms with van der Waals surface area (Å²) in [7, 11) is -3.80. The zero-order valence-corrected chi connectivity index (χ0v) is 19.6. The number of nitrogens with two attached hydrogens (primary N) is 1. The number of carbonyl (C=O) groups excluding carboxylic acids is 1. The van der Waals surface area contributed by atoms with Crippen LogP contribution in [0.25, 0.3) is 0 Å². The molecule has 1 aromatic carbocycles. The summed E-state index contributed by atoms with van der Waals surface area (Å²) in [4.78, 5) is 12.0. The number of nitrogen functional groups attached to an aromatic ring is 1. The molecular formula is C24H43KN2O3S. The summed E-state index contributed by atoms with van der Waals surface area (Å²) in [6.07, 6.45) is 19.2. The van der Waals surface area contributed by atoms with E-state index in [0.717, 1.165) is 19.3 Å². The first kappa shape index (κ1) is 31.1. The van der Waals surface area contributed by atoms with Gasteiger partial charge in [-0.25, -0.2) is 13.1 Å². The van der Waals surface area contributed by atoms with E-state index in [0.29, 0.717) is 5.69 Å². The number of hydrogen-bond donors (Lipinski definition) is 2. The maximum absolute atomic E-state index is 12.1. The second kappa shape index (κ2) is 19.5. The van der Waals surface area contributed by atoms with Crippen LogP contribution >= 0.6 is 0 Å². The van der Waals surface area contributed by atoms with E-state index < -0.39 is 15.9 Å². The van der Waals surface area contributed by atoms with E-state index in [4.69, 9.17) is 5.73 Å². The maximum atomic E-state index is 12.1. The number of anilines is 1. The predicted molar refractivity (Wildman–Crippen MR) is 133 cm³/mol. The van der Waals surface area contributed by atoms with Crippen molar-refractivity contribution in [1.29, 1.82) is 0 Å². The normalized spacial score (nSPS) is 11.1. The van der Waals surface area contributed by atoms with Crippen LogP contribution in [0.1, 0.15) is 110 Å². The topological polar surface area (TPSA) is 89.3 Å². The first-order valence-electron chi connectivity index (χ1n) is 11.9. The number of sulfonamides is 1. The summed E-state index contributed by atoms with van der Waals surface area (Å²) < 4.78 is 26.4. The van der Waals surface area contributed by atoms with Crippen LogP contribution in [0.2, 0.25) is 0 Å². The minimum absolute atomic E-state index is 0. The molecule has 0 heterocycles. The number of benzene rings is 1. The molecule has 7 heteroatoms. The van der Waals surface area contributed by atoms with E-state index >= 15 is 0 Å². The Hall–Kier alpha value is 0.0764. The molecule has 0 saturated heterocycles. The van der Waals surface area contributed by atoms with Crippen LogP contribution in [-0.4, -0.2) is 65.7 Å². The van der Waals surface area contributed by atoms with E-state index in [1.807, 2.05) is 0 Å². The second-order valence-corrected chi connectivity index (χ2v) is 9.98. The van der Waals surface area contributed by atoms with Crippen LogP contribution in [0.5, 0.6) is 0 Å². The van der Waals surface area contributed by atoms with E-state index in [1.165, 1.54) is 101 Å². The minimum atomic E-state index is -3.80. The summed E-state index contributed by atoms with van der Waals surface area (Å²) in [5, 5.41) is 0. The molecular weight excluding hydrogens is 435 g/mol. The third-order valence-electron chi connectivity index (χ3n) is 5.45. The molecule has 31 heavy (non-hydrogen) atoms. The van der Waals surface area contributed by atoms with Crippen LogP contribution < -0.4 is 10.5 Å². The number of rotatable bonds is 18. The van der Waals surface area contributed by atoms with Gasteiger partial charge in [0.25, 0.3) is 10.0 Å². The Balaban J connectivity index is 0.00000900. The molecule has 1 amide bonds. The first-order chi connectivity index (χ1) is 14.5. The van der Waals surface area contributed by atoms with Crippen molar-refractivity contribution < 1.29 is 13.2 Å². The van der Waals surface area contributed by atoms with E-state index in [2.05, 4.69) is 11.6 Å². The fourth-order valence-corrected chi connectivity index (χ4v) is 4.58. The van der Waals surface area contributed by atoms with Crippen molar-refractivity contribution in [1.82, 2.24) is 4.72 Å². The average Bonchev–Trinajstić information content (AvgIpc) is 2.71. The second-order valence-electron chi connectivity index (χ2n) is 8.30. The number of amides is 1. The molecule has 0 spiro atoms. The molecule has 1 aromatic rings. The fourth-order valence-electron chi connectivity index (χ4n) is 3.56. The Labute approximate surface area is 233 Å². The van der Waals surface area contributed by atoms with Gasteiger partial charge in [-0.2, -0.15) is 0 Å². The van der Waals surface area contributed by atoms with Crippen molar-refractivity contribution in [2.45, 2.75) is 115 Å². The molecule has 0 aromatic heterocycles. The Kier molecular flexibility index (Phi) is 19.6. The molecule has 0 unspecified atom stereocenters. The molecule has 0 atom stereocenters. The number of nitrogens with one attached hydrogen (secondary N) is 1. The molecule has 0 bridgehead atoms. The van der Waals surface area contributed by atoms with E-state index in [-0.39, 0.29) is 62.7 Å². The van der Waals surface area contributed by atoms with Crippen LogP contribution in [0, 0.1) is 0 Å². The first-order valence-corrected chi connectivity index (χ1v) is 13.3. The number of unbranched alkanes of at least 4 members (excludes halogenated alkanes) is 14. The Morgan fingerprint density at radius 3 is 1.55 bits per heavy atom. The summed E-state index contributed by atoms with van der Waals surface area (Å²) in [5.41, 5.74) is 6.04. The van der Waals surface area contributed by atoms with Gasteiger partial charge in [0.1, 0.15) is 0 Å². The standard InChI is InChI=1S/C24H42N2O3S.K.H/c1-2-3-4-5-6-7-8-9-10-11-12-13-14-15-16-17-24(27)26-30(28,29)23-20-18-22(25)19-21-23;;/h18-21H,2-17,25H2,1H3,(H,26,27);;. The summed E-state index contributed by atoms with van der Waals surface area (Å²) in [5.74, 6) is -0.443. The molecule has 0 aliphatic rings. The molecule has 3 N–H and O–H groups in total. The average molecular weight is 479 g/mol. The van der Waals surface area contributed by atoms with Gasteiger partial charge in [0, 0.05) is 12.1 Å². The van der Waals surface area contributed by atoms with Crippen molar-refractivity contribution in [2.75, 3.05) is 5.73 Å². The third-order valence-corrected chi connectivity index (χ3v) is 6.84. The third kappa shape index (κ3) is 16.4. The van der Waals surface area contributed by atoms with E-state index in [1.54, 1.807) is 0 Å². The SMILES string of the molecule is CCCCCCCCCCCCCCCCCC(=O)NS(=O)(=O)c1ccc(N)cc1.[KH]. The van der Waals surface area contributed by atoms with Gasteiger partial charge in [-0.3, -0.25) is 4.79 Å². The van der Waals surface area contributed by atoms with Gasteiger partial charge in [-0.1, -0.05) is 96.8 Å². The Morgan fingerprint density at radius 2 is 1.13 bits per heavy atom. The van der Waals surface area contributed by atoms with Crippen molar-refractivity contribution in [3.05, 3.63) is 24.3 Å². The summed E-state index contributed by atoms with van der Waals surface area (Å²) in [6.45, 7) is 2.26. The van der Waals surface area contributed by atoms with Crippen molar-refractivity contribution in [2.24, 2.45) is 0 Å². The van der Waals surface area contributed by atoms with Crippen molar-refractivity contribution >= 4 is 73.0 Å². The molecule has 0 radical (unpaired) electrons. The van der Waals surface area contributed by atoms with Crippen LogP contribution in [0.15, 0.2) is 29.2 Å². The fraction of sp³-hybridized carbons (Fsp3) is 0.708. The molecule has 0 aliphatic heterocycles. The molecule has 0 fully saturated rings. The van der Waals surface area contributed by atoms with Gasteiger partial charge in [0.05, 0.1) is 4.90 Å². The van der Waals surface area contributed by atoms with Crippen molar-refractivity contribution in [3.8, 4) is 0 Å². The van der Waals surface area contributed by atoms with Gasteiger partial charge < -0.3 is 5.73 Å². The van der Waals surface area contributed by atoms with E-state index in [9.17, 15) is 13.2 Å². The van der Waals surface area contributed by atoms with Crippen LogP contribution in [0.3, 0.4) is 0 Å². The quantitative estimate of drug-likeness (QED) is 0.161. The van der Waals surface area contributed by atoms with Crippen molar-refractivity contribution in [3.63, 3.8) is 0 Å². The Morgan fingerprint density at radius 1 is 0.742 bits per heavy atom. The molecule has 1 rings (SSSR count). The monoisotopic (exact) mass is 478 g/mol. The predicted octanol–water partition coefficient (Wildman–Crippen LogP) is 5.69. The zero-order valence-electron chi connectivity index (χ0n) is 18.8. The zero-order chi connectivity index (χ0) is 22.1. The molecule has 174 valence electrons. The number of hydrogen-bond acceptors (Lipinski definition) is 4. The van der Waals surface area contributed by atoms with Gasteiger partial charge in [0.2, 0.25) is 5.91 Å². The van der Waals surface area contributed by atoms with Crippen LogP contribution in [0.4, 0.5) is 5.69 Å². The van der Waals surface area contributed by atoms with Gasteiger partial charge in [0.15, 0.2) is 0 Å². The van der Waals surface area contributed by atoms with Gasteiger partial charge >= 0.3 is 51.4 Å². The van der Waals surface area contributed by atoms with Crippen LogP contribution in [-0.2, 0) is 14.8 Å². The summed E-state index contributed by atoms with van der Waals surface area (Å²) >= 11 is 0.